The molecule has 2 aliphatic rings. The zero-order chi connectivity index (χ0) is 13.8. The first-order valence-corrected chi connectivity index (χ1v) is 7.73. The molecule has 2 aliphatic heterocycles. The fourth-order valence-electron chi connectivity index (χ4n) is 3.31. The lowest BCUT2D eigenvalue weighted by molar-refractivity contribution is 0.0923. The molecule has 2 saturated heterocycles. The molecule has 4 heteroatoms. The van der Waals surface area contributed by atoms with E-state index in [1.165, 1.54) is 39.0 Å². The number of hydrogen-bond donors (Lipinski definition) is 1. The minimum atomic E-state index is 0.570. The highest BCUT2D eigenvalue weighted by atomic mass is 16.5. The predicted octanol–water partition coefficient (Wildman–Crippen LogP) is 1.30. The van der Waals surface area contributed by atoms with Crippen LogP contribution in [-0.4, -0.2) is 55.2 Å². The molecule has 2 fully saturated rings. The second-order valence-corrected chi connectivity index (χ2v) is 5.83. The first-order chi connectivity index (χ1) is 9.85. The number of hydrogen-bond acceptors (Lipinski definition) is 4. The largest absolute Gasteiger partial charge is 0.492 e. The number of piperazine rings is 1. The van der Waals surface area contributed by atoms with Crippen LogP contribution in [0.1, 0.15) is 18.4 Å². The second kappa shape index (κ2) is 6.57. The van der Waals surface area contributed by atoms with Crippen LogP contribution in [0.4, 0.5) is 0 Å². The summed E-state index contributed by atoms with van der Waals surface area (Å²) in [4.78, 5) is 5.18. The van der Waals surface area contributed by atoms with Crippen molar-refractivity contribution in [3.8, 4) is 5.75 Å². The zero-order valence-corrected chi connectivity index (χ0v) is 12.1. The molecule has 1 aromatic rings. The molecule has 1 atom stereocenters. The van der Waals surface area contributed by atoms with E-state index in [0.717, 1.165) is 30.5 Å². The van der Waals surface area contributed by atoms with Crippen LogP contribution in [0, 0.1) is 0 Å². The second-order valence-electron chi connectivity index (χ2n) is 5.83. The summed E-state index contributed by atoms with van der Waals surface area (Å²) in [6.45, 7) is 7.29. The molecule has 0 radical (unpaired) electrons. The van der Waals surface area contributed by atoms with Crippen molar-refractivity contribution in [2.75, 3.05) is 39.3 Å². The van der Waals surface area contributed by atoms with Crippen LogP contribution in [0.3, 0.4) is 0 Å². The van der Waals surface area contributed by atoms with Crippen LogP contribution in [0.5, 0.6) is 5.75 Å². The lowest BCUT2D eigenvalue weighted by Crippen LogP contribution is -2.50. The van der Waals surface area contributed by atoms with E-state index in [1.54, 1.807) is 0 Å². The number of benzene rings is 1. The van der Waals surface area contributed by atoms with Gasteiger partial charge in [0.1, 0.15) is 12.4 Å². The number of fused-ring (bicyclic) bond motifs is 1. The molecule has 1 aromatic carbocycles. The van der Waals surface area contributed by atoms with Crippen molar-refractivity contribution >= 4 is 0 Å². The van der Waals surface area contributed by atoms with Gasteiger partial charge in [-0.05, 0) is 37.1 Å². The Hall–Kier alpha value is -1.10. The highest BCUT2D eigenvalue weighted by molar-refractivity contribution is 5.28. The molecule has 0 saturated carbocycles. The molecule has 0 bridgehead atoms. The normalized spacial score (nSPS) is 23.8. The van der Waals surface area contributed by atoms with E-state index >= 15 is 0 Å². The smallest absolute Gasteiger partial charge is 0.119 e. The van der Waals surface area contributed by atoms with Gasteiger partial charge >= 0.3 is 0 Å². The summed E-state index contributed by atoms with van der Waals surface area (Å²) in [5, 5.41) is 0. The monoisotopic (exact) mass is 275 g/mol. The summed E-state index contributed by atoms with van der Waals surface area (Å²) >= 11 is 0. The van der Waals surface area contributed by atoms with Gasteiger partial charge in [0.2, 0.25) is 0 Å². The topological polar surface area (TPSA) is 41.7 Å². The standard InChI is InChI=1S/C16H25N3O/c17-12-14-3-1-5-16(11-14)20-10-9-18-7-8-19-6-2-4-15(19)13-18/h1,3,5,11,15H,2,4,6-10,12-13,17H2. The summed E-state index contributed by atoms with van der Waals surface area (Å²) in [5.41, 5.74) is 6.77. The van der Waals surface area contributed by atoms with E-state index in [1.807, 2.05) is 24.3 Å². The van der Waals surface area contributed by atoms with Crippen LogP contribution < -0.4 is 10.5 Å². The number of ether oxygens (including phenoxy) is 1. The molecule has 0 aromatic heterocycles. The van der Waals surface area contributed by atoms with E-state index in [2.05, 4.69) is 9.80 Å². The van der Waals surface area contributed by atoms with Crippen molar-refractivity contribution in [1.82, 2.24) is 9.80 Å². The van der Waals surface area contributed by atoms with Gasteiger partial charge in [0.25, 0.3) is 0 Å². The molecule has 0 aliphatic carbocycles. The maximum absolute atomic E-state index is 5.85. The fraction of sp³-hybridized carbons (Fsp3) is 0.625. The summed E-state index contributed by atoms with van der Waals surface area (Å²) < 4.78 is 5.85. The first-order valence-electron chi connectivity index (χ1n) is 7.73. The van der Waals surface area contributed by atoms with Gasteiger partial charge < -0.3 is 10.5 Å². The van der Waals surface area contributed by atoms with Crippen LogP contribution in [0.15, 0.2) is 24.3 Å². The number of nitrogens with zero attached hydrogens (tertiary/aromatic N) is 2. The van der Waals surface area contributed by atoms with Crippen molar-refractivity contribution in [3.05, 3.63) is 29.8 Å². The van der Waals surface area contributed by atoms with Crippen LogP contribution in [-0.2, 0) is 6.54 Å². The van der Waals surface area contributed by atoms with Crippen molar-refractivity contribution in [2.45, 2.75) is 25.4 Å². The highest BCUT2D eigenvalue weighted by Gasteiger charge is 2.30. The first kappa shape index (κ1) is 13.9. The summed E-state index contributed by atoms with van der Waals surface area (Å²) in [7, 11) is 0. The van der Waals surface area contributed by atoms with Crippen molar-refractivity contribution in [3.63, 3.8) is 0 Å². The average Bonchev–Trinajstić information content (AvgIpc) is 2.95. The van der Waals surface area contributed by atoms with Gasteiger partial charge in [0.15, 0.2) is 0 Å². The summed E-state index contributed by atoms with van der Waals surface area (Å²) in [6, 6.07) is 8.88. The van der Waals surface area contributed by atoms with Gasteiger partial charge in [0, 0.05) is 38.8 Å². The minimum Gasteiger partial charge on any atom is -0.492 e. The molecule has 0 amide bonds. The molecular formula is C16H25N3O. The van der Waals surface area contributed by atoms with E-state index in [0.29, 0.717) is 6.54 Å². The van der Waals surface area contributed by atoms with Crippen molar-refractivity contribution in [2.24, 2.45) is 5.73 Å². The molecule has 1 unspecified atom stereocenters. The van der Waals surface area contributed by atoms with Gasteiger partial charge in [-0.25, -0.2) is 0 Å². The third-order valence-electron chi connectivity index (χ3n) is 4.48. The van der Waals surface area contributed by atoms with E-state index in [9.17, 15) is 0 Å². The fourth-order valence-corrected chi connectivity index (χ4v) is 3.31. The quantitative estimate of drug-likeness (QED) is 0.879. The lowest BCUT2D eigenvalue weighted by Gasteiger charge is -2.37. The predicted molar refractivity (Wildman–Crippen MR) is 80.9 cm³/mol. The van der Waals surface area contributed by atoms with E-state index in [-0.39, 0.29) is 0 Å². The van der Waals surface area contributed by atoms with Crippen LogP contribution in [0.25, 0.3) is 0 Å². The van der Waals surface area contributed by atoms with Gasteiger partial charge in [-0.15, -0.1) is 0 Å². The molecule has 0 spiro atoms. The number of rotatable bonds is 5. The maximum atomic E-state index is 5.85. The molecule has 3 rings (SSSR count). The van der Waals surface area contributed by atoms with E-state index in [4.69, 9.17) is 10.5 Å². The van der Waals surface area contributed by atoms with Gasteiger partial charge in [-0.3, -0.25) is 9.80 Å². The highest BCUT2D eigenvalue weighted by Crippen LogP contribution is 2.21. The lowest BCUT2D eigenvalue weighted by atomic mass is 10.1. The Labute approximate surface area is 121 Å². The minimum absolute atomic E-state index is 0.570. The Morgan fingerprint density at radius 3 is 3.10 bits per heavy atom. The Balaban J connectivity index is 1.43. The van der Waals surface area contributed by atoms with Crippen molar-refractivity contribution in [1.29, 1.82) is 0 Å². The number of nitrogens with two attached hydrogens (primary N) is 1. The SMILES string of the molecule is NCc1cccc(OCCN2CCN3CCCC3C2)c1. The third kappa shape index (κ3) is 3.32. The van der Waals surface area contributed by atoms with E-state index < -0.39 is 0 Å². The Bertz CT molecular complexity index is 437. The molecule has 20 heavy (non-hydrogen) atoms. The van der Waals surface area contributed by atoms with Gasteiger partial charge in [0.05, 0.1) is 0 Å². The van der Waals surface area contributed by atoms with Crippen LogP contribution in [0.2, 0.25) is 0 Å². The maximum Gasteiger partial charge on any atom is 0.119 e. The Morgan fingerprint density at radius 1 is 1.25 bits per heavy atom. The molecule has 110 valence electrons. The van der Waals surface area contributed by atoms with Crippen molar-refractivity contribution < 1.29 is 4.74 Å². The molecule has 2 N–H and O–H groups in total. The molecule has 2 heterocycles. The van der Waals surface area contributed by atoms with Crippen LogP contribution >= 0.6 is 0 Å². The third-order valence-corrected chi connectivity index (χ3v) is 4.48. The Morgan fingerprint density at radius 2 is 2.20 bits per heavy atom. The van der Waals surface area contributed by atoms with Gasteiger partial charge in [-0.1, -0.05) is 12.1 Å². The summed E-state index contributed by atoms with van der Waals surface area (Å²) in [6.07, 6.45) is 2.75. The van der Waals surface area contributed by atoms with Gasteiger partial charge in [-0.2, -0.15) is 0 Å². The zero-order valence-electron chi connectivity index (χ0n) is 12.1. The molecule has 4 nitrogen and oxygen atoms in total. The average molecular weight is 275 g/mol. The Kier molecular flexibility index (Phi) is 4.55. The molecular weight excluding hydrogens is 250 g/mol. The summed E-state index contributed by atoms with van der Waals surface area (Å²) in [5.74, 6) is 0.937.